The summed E-state index contributed by atoms with van der Waals surface area (Å²) in [5.74, 6) is -2.00. The lowest BCUT2D eigenvalue weighted by Crippen LogP contribution is -2.08. The topological polar surface area (TPSA) is 59.1 Å². The van der Waals surface area contributed by atoms with Gasteiger partial charge in [-0.15, -0.1) is 0 Å². The molecule has 0 saturated heterocycles. The van der Waals surface area contributed by atoms with Crippen LogP contribution in [0.25, 0.3) is 4.85 Å². The average molecular weight is 303 g/mol. The second-order valence-electron chi connectivity index (χ2n) is 4.19. The van der Waals surface area contributed by atoms with E-state index in [-0.39, 0.29) is 24.6 Å². The molecule has 0 fully saturated rings. The van der Waals surface area contributed by atoms with Crippen molar-refractivity contribution in [1.29, 1.82) is 0 Å². The van der Waals surface area contributed by atoms with Gasteiger partial charge in [0, 0.05) is 11.8 Å². The number of aliphatic hydroxyl groups is 1. The van der Waals surface area contributed by atoms with E-state index in [1.807, 2.05) is 0 Å². The van der Waals surface area contributed by atoms with E-state index in [2.05, 4.69) is 15.0 Å². The van der Waals surface area contributed by atoms with Crippen LogP contribution in [-0.4, -0.2) is 22.5 Å². The molecule has 5 nitrogen and oxygen atoms in total. The number of pyridine rings is 1. The lowest BCUT2D eigenvalue weighted by atomic mass is 10.1. The average Bonchev–Trinajstić information content (AvgIpc) is 2.55. The van der Waals surface area contributed by atoms with Crippen molar-refractivity contribution in [3.05, 3.63) is 76.4 Å². The van der Waals surface area contributed by atoms with Crippen molar-refractivity contribution >= 4 is 5.71 Å². The number of oxime groups is 1. The third kappa shape index (κ3) is 3.62. The molecule has 0 unspecified atom stereocenters. The van der Waals surface area contributed by atoms with E-state index < -0.39 is 11.6 Å². The van der Waals surface area contributed by atoms with E-state index >= 15 is 0 Å². The van der Waals surface area contributed by atoms with Crippen LogP contribution in [0.5, 0.6) is 0 Å². The summed E-state index contributed by atoms with van der Waals surface area (Å²) in [7, 11) is 0. The van der Waals surface area contributed by atoms with Gasteiger partial charge in [0.1, 0.15) is 5.71 Å². The summed E-state index contributed by atoms with van der Waals surface area (Å²) in [6.45, 7) is 6.18. The van der Waals surface area contributed by atoms with Gasteiger partial charge in [-0.1, -0.05) is 11.2 Å². The SMILES string of the molecule is [C-]#[N+]CO/N=C(\c1ccc(F)c(F)c1)c1ccc(CO)cn1. The molecule has 0 spiro atoms. The normalized spacial score (nSPS) is 11.1. The molecule has 22 heavy (non-hydrogen) atoms. The Bertz CT molecular complexity index is 725. The number of aromatic nitrogens is 1. The van der Waals surface area contributed by atoms with Crippen LogP contribution in [0.15, 0.2) is 41.7 Å². The fourth-order valence-electron chi connectivity index (χ4n) is 1.67. The second-order valence-corrected chi connectivity index (χ2v) is 4.19. The van der Waals surface area contributed by atoms with Gasteiger partial charge in [0.05, 0.1) is 12.3 Å². The van der Waals surface area contributed by atoms with Gasteiger partial charge in [-0.05, 0) is 29.8 Å². The first-order valence-corrected chi connectivity index (χ1v) is 6.20. The maximum atomic E-state index is 13.4. The zero-order valence-corrected chi connectivity index (χ0v) is 11.3. The predicted octanol–water partition coefficient (Wildman–Crippen LogP) is 2.50. The molecule has 0 aliphatic rings. The summed E-state index contributed by atoms with van der Waals surface area (Å²) in [6, 6.07) is 6.45. The van der Waals surface area contributed by atoms with Crippen molar-refractivity contribution < 1.29 is 18.7 Å². The number of hydrogen-bond donors (Lipinski definition) is 1. The molecule has 0 amide bonds. The molecule has 1 heterocycles. The van der Waals surface area contributed by atoms with Gasteiger partial charge in [-0.2, -0.15) is 0 Å². The summed E-state index contributed by atoms with van der Waals surface area (Å²) >= 11 is 0. The minimum absolute atomic E-state index is 0.159. The number of aliphatic hydroxyl groups excluding tert-OH is 1. The van der Waals surface area contributed by atoms with Crippen molar-refractivity contribution in [2.75, 3.05) is 6.73 Å². The third-order valence-electron chi connectivity index (χ3n) is 2.72. The van der Waals surface area contributed by atoms with Crippen LogP contribution in [0.4, 0.5) is 8.78 Å². The Morgan fingerprint density at radius 3 is 2.68 bits per heavy atom. The molecule has 0 saturated carbocycles. The van der Waals surface area contributed by atoms with Crippen molar-refractivity contribution in [3.63, 3.8) is 0 Å². The van der Waals surface area contributed by atoms with E-state index in [0.717, 1.165) is 12.1 Å². The largest absolute Gasteiger partial charge is 0.392 e. The first-order chi connectivity index (χ1) is 10.7. The molecule has 0 atom stereocenters. The summed E-state index contributed by atoms with van der Waals surface area (Å²) < 4.78 is 26.4. The zero-order valence-electron chi connectivity index (χ0n) is 11.3. The minimum atomic E-state index is -1.03. The van der Waals surface area contributed by atoms with Crippen molar-refractivity contribution in [1.82, 2.24) is 4.98 Å². The lowest BCUT2D eigenvalue weighted by Gasteiger charge is -2.06. The fourth-order valence-corrected chi connectivity index (χ4v) is 1.67. The highest BCUT2D eigenvalue weighted by molar-refractivity contribution is 6.11. The molecule has 1 aromatic carbocycles. The molecule has 1 N–H and O–H groups in total. The first kappa shape index (κ1) is 15.5. The molecule has 2 aromatic rings. The van der Waals surface area contributed by atoms with Crippen LogP contribution in [0.3, 0.4) is 0 Å². The Hall–Kier alpha value is -2.85. The predicted molar refractivity (Wildman–Crippen MR) is 74.7 cm³/mol. The van der Waals surface area contributed by atoms with Gasteiger partial charge in [0.2, 0.25) is 0 Å². The third-order valence-corrected chi connectivity index (χ3v) is 2.72. The van der Waals surface area contributed by atoms with Crippen LogP contribution in [-0.2, 0) is 11.4 Å². The van der Waals surface area contributed by atoms with E-state index in [9.17, 15) is 8.78 Å². The molecule has 7 heteroatoms. The number of hydrogen-bond acceptors (Lipinski definition) is 4. The van der Waals surface area contributed by atoms with E-state index in [1.54, 1.807) is 12.1 Å². The monoisotopic (exact) mass is 303 g/mol. The highest BCUT2D eigenvalue weighted by atomic mass is 19.2. The lowest BCUT2D eigenvalue weighted by molar-refractivity contribution is 0.173. The van der Waals surface area contributed by atoms with Gasteiger partial charge in [-0.3, -0.25) is 9.83 Å². The van der Waals surface area contributed by atoms with Crippen LogP contribution < -0.4 is 0 Å². The maximum Gasteiger partial charge on any atom is 0.378 e. The quantitative estimate of drug-likeness (QED) is 0.399. The summed E-state index contributed by atoms with van der Waals surface area (Å²) in [5.41, 5.74) is 1.35. The van der Waals surface area contributed by atoms with Gasteiger partial charge in [0.25, 0.3) is 0 Å². The minimum Gasteiger partial charge on any atom is -0.392 e. The Labute approximate surface area is 125 Å². The van der Waals surface area contributed by atoms with Gasteiger partial charge in [-0.25, -0.2) is 15.4 Å². The van der Waals surface area contributed by atoms with Crippen LogP contribution in [0, 0.1) is 18.2 Å². The number of halogens is 2. The van der Waals surface area contributed by atoms with Gasteiger partial charge in [0.15, 0.2) is 11.6 Å². The highest BCUT2D eigenvalue weighted by Crippen LogP contribution is 2.14. The Balaban J connectivity index is 2.43. The van der Waals surface area contributed by atoms with Gasteiger partial charge >= 0.3 is 6.73 Å². The van der Waals surface area contributed by atoms with E-state index in [0.29, 0.717) is 11.3 Å². The molecule has 0 radical (unpaired) electrons. The maximum absolute atomic E-state index is 13.4. The van der Waals surface area contributed by atoms with Crippen LogP contribution >= 0.6 is 0 Å². The van der Waals surface area contributed by atoms with Crippen molar-refractivity contribution in [3.8, 4) is 0 Å². The number of nitrogens with zero attached hydrogens (tertiary/aromatic N) is 3. The first-order valence-electron chi connectivity index (χ1n) is 6.20. The van der Waals surface area contributed by atoms with E-state index in [4.69, 9.17) is 16.5 Å². The zero-order chi connectivity index (χ0) is 15.9. The molecule has 112 valence electrons. The molecule has 0 bridgehead atoms. The van der Waals surface area contributed by atoms with Crippen molar-refractivity contribution in [2.45, 2.75) is 6.61 Å². The Morgan fingerprint density at radius 2 is 2.09 bits per heavy atom. The number of benzene rings is 1. The number of rotatable bonds is 5. The smallest absolute Gasteiger partial charge is 0.378 e. The van der Waals surface area contributed by atoms with Crippen LogP contribution in [0.1, 0.15) is 16.8 Å². The molecule has 1 aromatic heterocycles. The second kappa shape index (κ2) is 7.24. The van der Waals surface area contributed by atoms with E-state index in [1.165, 1.54) is 12.3 Å². The molecule has 2 rings (SSSR count). The fraction of sp³-hybridized carbons (Fsp3) is 0.133. The highest BCUT2D eigenvalue weighted by Gasteiger charge is 2.13. The molecule has 0 aliphatic heterocycles. The summed E-state index contributed by atoms with van der Waals surface area (Å²) in [5, 5.41) is 12.8. The Morgan fingerprint density at radius 1 is 1.27 bits per heavy atom. The standard InChI is InChI=1S/C15H11F2N3O2/c1-18-9-22-20-15(11-3-4-12(16)13(17)6-11)14-5-2-10(8-21)7-19-14/h2-7,21H,8-9H2/b20-15+. The Kier molecular flexibility index (Phi) is 5.11. The van der Waals surface area contributed by atoms with Crippen molar-refractivity contribution in [2.24, 2.45) is 5.16 Å². The van der Waals surface area contributed by atoms with Gasteiger partial charge < -0.3 is 9.94 Å². The van der Waals surface area contributed by atoms with Crippen LogP contribution in [0.2, 0.25) is 0 Å². The molecule has 0 aliphatic carbocycles. The molecular formula is C15H11F2N3O2. The summed E-state index contributed by atoms with van der Waals surface area (Å²) in [6.07, 6.45) is 1.43. The molecular weight excluding hydrogens is 292 g/mol. The summed E-state index contributed by atoms with van der Waals surface area (Å²) in [4.78, 5) is 11.9.